The minimum absolute atomic E-state index is 0.0300. The summed E-state index contributed by atoms with van der Waals surface area (Å²) in [5.74, 6) is -1.28. The highest BCUT2D eigenvalue weighted by Crippen LogP contribution is 2.37. The van der Waals surface area contributed by atoms with E-state index in [-0.39, 0.29) is 22.6 Å². The zero-order valence-corrected chi connectivity index (χ0v) is 9.34. The molecule has 6 heteroatoms. The molecule has 0 aliphatic rings. The first-order valence-electron chi connectivity index (χ1n) is 4.67. The van der Waals surface area contributed by atoms with Gasteiger partial charge in [-0.1, -0.05) is 6.07 Å². The highest BCUT2D eigenvalue weighted by atomic mass is 16.5. The number of carbonyl (C=O) groups is 2. The van der Waals surface area contributed by atoms with Crippen LogP contribution < -0.4 is 9.47 Å². The SMILES string of the molecule is COc1c(C=O)ccc(C(O)C(=O)O)c1OC. The molecule has 1 rings (SSSR count). The third-order valence-electron chi connectivity index (χ3n) is 2.24. The average Bonchev–Trinajstić information content (AvgIpc) is 2.35. The first-order chi connectivity index (χ1) is 8.06. The second-order valence-corrected chi connectivity index (χ2v) is 3.17. The summed E-state index contributed by atoms with van der Waals surface area (Å²) in [5.41, 5.74) is 0.244. The fourth-order valence-electron chi connectivity index (χ4n) is 1.46. The van der Waals surface area contributed by atoms with E-state index in [2.05, 4.69) is 0 Å². The predicted octanol–water partition coefficient (Wildman–Crippen LogP) is 0.634. The van der Waals surface area contributed by atoms with Gasteiger partial charge in [-0.3, -0.25) is 4.79 Å². The molecule has 0 saturated carbocycles. The van der Waals surface area contributed by atoms with Crippen molar-refractivity contribution < 1.29 is 29.3 Å². The van der Waals surface area contributed by atoms with Gasteiger partial charge in [0, 0.05) is 5.56 Å². The van der Waals surface area contributed by atoms with Crippen LogP contribution in [0.15, 0.2) is 12.1 Å². The molecule has 6 nitrogen and oxygen atoms in total. The summed E-state index contributed by atoms with van der Waals surface area (Å²) in [5, 5.41) is 18.2. The molecular weight excluding hydrogens is 228 g/mol. The normalized spacial score (nSPS) is 11.7. The summed E-state index contributed by atoms with van der Waals surface area (Å²) in [7, 11) is 2.62. The maximum Gasteiger partial charge on any atom is 0.337 e. The number of benzene rings is 1. The summed E-state index contributed by atoms with van der Waals surface area (Å²) in [6.07, 6.45) is -1.18. The Morgan fingerprint density at radius 3 is 2.29 bits per heavy atom. The summed E-state index contributed by atoms with van der Waals surface area (Å²) < 4.78 is 9.94. The molecule has 0 aliphatic carbocycles. The number of hydrogen-bond acceptors (Lipinski definition) is 5. The number of aliphatic hydroxyl groups excluding tert-OH is 1. The van der Waals surface area contributed by atoms with Crippen LogP contribution in [0.5, 0.6) is 11.5 Å². The molecule has 0 fully saturated rings. The van der Waals surface area contributed by atoms with Crippen molar-refractivity contribution in [2.75, 3.05) is 14.2 Å². The number of carbonyl (C=O) groups excluding carboxylic acids is 1. The minimum Gasteiger partial charge on any atom is -0.492 e. The Morgan fingerprint density at radius 1 is 1.29 bits per heavy atom. The first kappa shape index (κ1) is 13.0. The summed E-state index contributed by atoms with van der Waals surface area (Å²) in [6, 6.07) is 2.67. The second-order valence-electron chi connectivity index (χ2n) is 3.17. The lowest BCUT2D eigenvalue weighted by Gasteiger charge is -2.15. The number of carboxylic acid groups (broad SMARTS) is 1. The predicted molar refractivity (Wildman–Crippen MR) is 57.5 cm³/mol. The molecule has 0 bridgehead atoms. The lowest BCUT2D eigenvalue weighted by Crippen LogP contribution is -2.12. The number of aliphatic hydroxyl groups is 1. The Bertz CT molecular complexity index is 440. The molecule has 0 spiro atoms. The Balaban J connectivity index is 3.42. The van der Waals surface area contributed by atoms with Gasteiger partial charge in [-0.25, -0.2) is 4.79 Å². The van der Waals surface area contributed by atoms with Crippen LogP contribution in [0.1, 0.15) is 22.0 Å². The number of methoxy groups -OCH3 is 2. The molecule has 2 N–H and O–H groups in total. The first-order valence-corrected chi connectivity index (χ1v) is 4.67. The number of rotatable bonds is 5. The molecule has 92 valence electrons. The molecule has 1 unspecified atom stereocenters. The van der Waals surface area contributed by atoms with Gasteiger partial charge in [0.25, 0.3) is 0 Å². The van der Waals surface area contributed by atoms with Crippen molar-refractivity contribution >= 4 is 12.3 Å². The van der Waals surface area contributed by atoms with Crippen molar-refractivity contribution in [1.82, 2.24) is 0 Å². The van der Waals surface area contributed by atoms with Gasteiger partial charge in [0.1, 0.15) is 0 Å². The van der Waals surface area contributed by atoms with Gasteiger partial charge < -0.3 is 19.7 Å². The Labute approximate surface area is 97.4 Å². The highest BCUT2D eigenvalue weighted by Gasteiger charge is 2.24. The average molecular weight is 240 g/mol. The van der Waals surface area contributed by atoms with E-state index in [1.54, 1.807) is 0 Å². The third-order valence-corrected chi connectivity index (χ3v) is 2.24. The van der Waals surface area contributed by atoms with Crippen LogP contribution in [0, 0.1) is 0 Å². The van der Waals surface area contributed by atoms with Crippen molar-refractivity contribution in [1.29, 1.82) is 0 Å². The Morgan fingerprint density at radius 2 is 1.88 bits per heavy atom. The van der Waals surface area contributed by atoms with E-state index in [1.807, 2.05) is 0 Å². The maximum atomic E-state index is 10.8. The molecule has 1 aromatic rings. The zero-order valence-electron chi connectivity index (χ0n) is 9.34. The third kappa shape index (κ3) is 2.36. The van der Waals surface area contributed by atoms with Gasteiger partial charge in [-0.05, 0) is 6.07 Å². The fourth-order valence-corrected chi connectivity index (χ4v) is 1.46. The molecule has 1 atom stereocenters. The molecule has 0 saturated heterocycles. The van der Waals surface area contributed by atoms with Crippen molar-refractivity contribution in [2.24, 2.45) is 0 Å². The van der Waals surface area contributed by atoms with Crippen molar-refractivity contribution in [3.63, 3.8) is 0 Å². The van der Waals surface area contributed by atoms with Gasteiger partial charge >= 0.3 is 5.97 Å². The number of ether oxygens (including phenoxy) is 2. The van der Waals surface area contributed by atoms with Gasteiger partial charge in [-0.15, -0.1) is 0 Å². The van der Waals surface area contributed by atoms with Crippen LogP contribution >= 0.6 is 0 Å². The Kier molecular flexibility index (Phi) is 4.06. The molecule has 17 heavy (non-hydrogen) atoms. The van der Waals surface area contributed by atoms with Gasteiger partial charge in [0.2, 0.25) is 0 Å². The summed E-state index contributed by atoms with van der Waals surface area (Å²) in [4.78, 5) is 21.5. The van der Waals surface area contributed by atoms with Crippen LogP contribution in [0.25, 0.3) is 0 Å². The van der Waals surface area contributed by atoms with Crippen molar-refractivity contribution in [2.45, 2.75) is 6.10 Å². The zero-order chi connectivity index (χ0) is 13.0. The van der Waals surface area contributed by atoms with E-state index in [0.29, 0.717) is 6.29 Å². The fraction of sp³-hybridized carbons (Fsp3) is 0.273. The van der Waals surface area contributed by atoms with Crippen LogP contribution in [-0.2, 0) is 4.79 Å². The topological polar surface area (TPSA) is 93.1 Å². The number of carboxylic acids is 1. The van der Waals surface area contributed by atoms with Crippen molar-refractivity contribution in [3.05, 3.63) is 23.3 Å². The van der Waals surface area contributed by atoms with E-state index in [4.69, 9.17) is 14.6 Å². The molecule has 0 aliphatic heterocycles. The molecule has 0 amide bonds. The maximum absolute atomic E-state index is 10.8. The van der Waals surface area contributed by atoms with Crippen molar-refractivity contribution in [3.8, 4) is 11.5 Å². The van der Waals surface area contributed by atoms with Crippen LogP contribution in [0.2, 0.25) is 0 Å². The van der Waals surface area contributed by atoms with E-state index in [9.17, 15) is 14.7 Å². The number of aldehydes is 1. The quantitative estimate of drug-likeness (QED) is 0.733. The summed E-state index contributed by atoms with van der Waals surface area (Å²) >= 11 is 0. The summed E-state index contributed by atoms with van der Waals surface area (Å²) in [6.45, 7) is 0. The lowest BCUT2D eigenvalue weighted by atomic mass is 10.0. The van der Waals surface area contributed by atoms with Gasteiger partial charge in [0.15, 0.2) is 23.9 Å². The molecule has 0 radical (unpaired) electrons. The van der Waals surface area contributed by atoms with Crippen LogP contribution in [-0.4, -0.2) is 36.7 Å². The molecular formula is C11H12O6. The smallest absolute Gasteiger partial charge is 0.337 e. The van der Waals surface area contributed by atoms with E-state index >= 15 is 0 Å². The standard InChI is InChI=1S/C11H12O6/c1-16-9-6(5-12)3-4-7(10(9)17-2)8(13)11(14)15/h3-5,8,13H,1-2H3,(H,14,15). The van der Waals surface area contributed by atoms with E-state index in [0.717, 1.165) is 0 Å². The lowest BCUT2D eigenvalue weighted by molar-refractivity contribution is -0.147. The van der Waals surface area contributed by atoms with Gasteiger partial charge in [-0.2, -0.15) is 0 Å². The minimum atomic E-state index is -1.74. The number of hydrogen-bond donors (Lipinski definition) is 2. The van der Waals surface area contributed by atoms with Crippen LogP contribution in [0.4, 0.5) is 0 Å². The highest BCUT2D eigenvalue weighted by molar-refractivity contribution is 5.83. The molecule has 0 aromatic heterocycles. The second kappa shape index (κ2) is 5.31. The Hall–Kier alpha value is -2.08. The van der Waals surface area contributed by atoms with Gasteiger partial charge in [0.05, 0.1) is 19.8 Å². The largest absolute Gasteiger partial charge is 0.492 e. The van der Waals surface area contributed by atoms with Crippen LogP contribution in [0.3, 0.4) is 0 Å². The molecule has 1 aromatic carbocycles. The van der Waals surface area contributed by atoms with E-state index in [1.165, 1.54) is 26.4 Å². The number of aliphatic carboxylic acids is 1. The molecule has 0 heterocycles. The van der Waals surface area contributed by atoms with E-state index < -0.39 is 12.1 Å². The monoisotopic (exact) mass is 240 g/mol.